The summed E-state index contributed by atoms with van der Waals surface area (Å²) in [6.07, 6.45) is 1.76. The Bertz CT molecular complexity index is 443. The molecule has 0 aliphatic carbocycles. The number of benzene rings is 1. The van der Waals surface area contributed by atoms with Crippen LogP contribution in [0.25, 0.3) is 0 Å². The standard InChI is InChI=1S/C12H19NO3S/c1-13-10-11-5-3-6-12(9-11)16-7-4-8-17(2,14)15/h3,5-6,9,13H,4,7-8,10H2,1-2H3. The molecule has 1 aromatic rings. The number of sulfone groups is 1. The molecule has 17 heavy (non-hydrogen) atoms. The first-order chi connectivity index (χ1) is 8.01. The van der Waals surface area contributed by atoms with E-state index in [1.165, 1.54) is 6.26 Å². The second-order valence-corrected chi connectivity index (χ2v) is 6.27. The van der Waals surface area contributed by atoms with Crippen molar-refractivity contribution in [3.05, 3.63) is 29.8 Å². The minimum absolute atomic E-state index is 0.170. The molecule has 0 spiro atoms. The molecule has 96 valence electrons. The second kappa shape index (κ2) is 6.61. The van der Waals surface area contributed by atoms with Gasteiger partial charge in [0.05, 0.1) is 12.4 Å². The van der Waals surface area contributed by atoms with Crippen LogP contribution in [0.1, 0.15) is 12.0 Å². The highest BCUT2D eigenvalue weighted by Crippen LogP contribution is 2.13. The average molecular weight is 257 g/mol. The number of hydrogen-bond donors (Lipinski definition) is 1. The fraction of sp³-hybridized carbons (Fsp3) is 0.500. The van der Waals surface area contributed by atoms with Crippen LogP contribution in [0.5, 0.6) is 5.75 Å². The van der Waals surface area contributed by atoms with Gasteiger partial charge in [0, 0.05) is 12.8 Å². The van der Waals surface area contributed by atoms with Crippen molar-refractivity contribution >= 4 is 9.84 Å². The van der Waals surface area contributed by atoms with Crippen molar-refractivity contribution in [2.75, 3.05) is 25.7 Å². The maximum atomic E-state index is 10.9. The molecule has 1 N–H and O–H groups in total. The molecule has 0 aromatic heterocycles. The lowest BCUT2D eigenvalue weighted by Crippen LogP contribution is -2.08. The molecule has 0 fully saturated rings. The predicted molar refractivity (Wildman–Crippen MR) is 69.0 cm³/mol. The molecule has 0 unspecified atom stereocenters. The molecule has 4 nitrogen and oxygen atoms in total. The van der Waals surface area contributed by atoms with Gasteiger partial charge in [0.1, 0.15) is 15.6 Å². The Kier molecular flexibility index (Phi) is 5.44. The van der Waals surface area contributed by atoms with Crippen LogP contribution in [0.15, 0.2) is 24.3 Å². The maximum absolute atomic E-state index is 10.9. The maximum Gasteiger partial charge on any atom is 0.147 e. The van der Waals surface area contributed by atoms with Gasteiger partial charge in [-0.25, -0.2) is 8.42 Å². The van der Waals surface area contributed by atoms with E-state index in [9.17, 15) is 8.42 Å². The van der Waals surface area contributed by atoms with E-state index in [0.29, 0.717) is 13.0 Å². The first-order valence-corrected chi connectivity index (χ1v) is 7.61. The summed E-state index contributed by atoms with van der Waals surface area (Å²) in [5.74, 6) is 0.953. The molecule has 0 saturated heterocycles. The zero-order valence-corrected chi connectivity index (χ0v) is 11.1. The topological polar surface area (TPSA) is 55.4 Å². The molecular weight excluding hydrogens is 238 g/mol. The lowest BCUT2D eigenvalue weighted by Gasteiger charge is -2.07. The van der Waals surface area contributed by atoms with Gasteiger partial charge < -0.3 is 10.1 Å². The van der Waals surface area contributed by atoms with E-state index in [0.717, 1.165) is 17.9 Å². The van der Waals surface area contributed by atoms with Gasteiger partial charge in [0.15, 0.2) is 0 Å². The van der Waals surface area contributed by atoms with Gasteiger partial charge in [-0.05, 0) is 31.2 Å². The third kappa shape index (κ3) is 6.28. The minimum atomic E-state index is -2.89. The lowest BCUT2D eigenvalue weighted by molar-refractivity contribution is 0.317. The van der Waals surface area contributed by atoms with E-state index in [1.54, 1.807) is 0 Å². The summed E-state index contributed by atoms with van der Waals surface area (Å²) in [7, 11) is -0.997. The Morgan fingerprint density at radius 2 is 2.12 bits per heavy atom. The summed E-state index contributed by atoms with van der Waals surface area (Å²) >= 11 is 0. The molecule has 0 aliphatic heterocycles. The normalized spacial score (nSPS) is 11.4. The SMILES string of the molecule is CNCc1cccc(OCCCS(C)(=O)=O)c1. The number of rotatable bonds is 7. The van der Waals surface area contributed by atoms with Gasteiger partial charge in [-0.2, -0.15) is 0 Å². The van der Waals surface area contributed by atoms with E-state index in [2.05, 4.69) is 5.32 Å². The smallest absolute Gasteiger partial charge is 0.147 e. The van der Waals surface area contributed by atoms with Crippen LogP contribution in [-0.2, 0) is 16.4 Å². The fourth-order valence-corrected chi connectivity index (χ4v) is 2.10. The molecule has 1 rings (SSSR count). The van der Waals surface area contributed by atoms with Crippen LogP contribution >= 0.6 is 0 Å². The van der Waals surface area contributed by atoms with Crippen molar-refractivity contribution in [2.45, 2.75) is 13.0 Å². The van der Waals surface area contributed by atoms with Crippen LogP contribution in [0, 0.1) is 0 Å². The summed E-state index contributed by atoms with van der Waals surface area (Å²) in [6, 6.07) is 7.77. The van der Waals surface area contributed by atoms with Gasteiger partial charge in [0.25, 0.3) is 0 Å². The zero-order valence-electron chi connectivity index (χ0n) is 10.3. The monoisotopic (exact) mass is 257 g/mol. The number of ether oxygens (including phenoxy) is 1. The van der Waals surface area contributed by atoms with Crippen molar-refractivity contribution in [2.24, 2.45) is 0 Å². The molecule has 0 saturated carbocycles. The van der Waals surface area contributed by atoms with Crippen LogP contribution in [0.4, 0.5) is 0 Å². The molecule has 0 aliphatic rings. The first-order valence-electron chi connectivity index (χ1n) is 5.55. The van der Waals surface area contributed by atoms with E-state index < -0.39 is 9.84 Å². The van der Waals surface area contributed by atoms with Crippen molar-refractivity contribution < 1.29 is 13.2 Å². The van der Waals surface area contributed by atoms with Crippen LogP contribution < -0.4 is 10.1 Å². The Hall–Kier alpha value is -1.07. The van der Waals surface area contributed by atoms with E-state index in [-0.39, 0.29) is 5.75 Å². The van der Waals surface area contributed by atoms with Crippen molar-refractivity contribution in [1.82, 2.24) is 5.32 Å². The third-order valence-corrected chi connectivity index (χ3v) is 3.24. The minimum Gasteiger partial charge on any atom is -0.494 e. The Labute approximate surface area is 103 Å². The van der Waals surface area contributed by atoms with E-state index in [1.807, 2.05) is 31.3 Å². The van der Waals surface area contributed by atoms with E-state index >= 15 is 0 Å². The van der Waals surface area contributed by atoms with Crippen LogP contribution in [0.2, 0.25) is 0 Å². The molecule has 0 bridgehead atoms. The highest BCUT2D eigenvalue weighted by Gasteiger charge is 2.02. The fourth-order valence-electron chi connectivity index (χ4n) is 1.46. The summed E-state index contributed by atoms with van der Waals surface area (Å²) in [5, 5.41) is 3.06. The first kappa shape index (κ1) is 14.0. The number of hydrogen-bond acceptors (Lipinski definition) is 4. The molecule has 5 heteroatoms. The summed E-state index contributed by atoms with van der Waals surface area (Å²) in [5.41, 5.74) is 1.15. The molecule has 0 amide bonds. The summed E-state index contributed by atoms with van der Waals surface area (Å²) in [4.78, 5) is 0. The quantitative estimate of drug-likeness (QED) is 0.746. The highest BCUT2D eigenvalue weighted by molar-refractivity contribution is 7.90. The van der Waals surface area contributed by atoms with Gasteiger partial charge in [-0.15, -0.1) is 0 Å². The Balaban J connectivity index is 2.38. The third-order valence-electron chi connectivity index (χ3n) is 2.21. The largest absolute Gasteiger partial charge is 0.494 e. The Morgan fingerprint density at radius 1 is 1.35 bits per heavy atom. The summed E-state index contributed by atoms with van der Waals surface area (Å²) < 4.78 is 27.3. The lowest BCUT2D eigenvalue weighted by atomic mass is 10.2. The van der Waals surface area contributed by atoms with Crippen molar-refractivity contribution in [3.8, 4) is 5.75 Å². The molecule has 0 radical (unpaired) electrons. The molecule has 0 heterocycles. The highest BCUT2D eigenvalue weighted by atomic mass is 32.2. The van der Waals surface area contributed by atoms with Gasteiger partial charge >= 0.3 is 0 Å². The molecule has 1 aromatic carbocycles. The average Bonchev–Trinajstić information content (AvgIpc) is 2.24. The van der Waals surface area contributed by atoms with Crippen molar-refractivity contribution in [3.63, 3.8) is 0 Å². The van der Waals surface area contributed by atoms with Crippen molar-refractivity contribution in [1.29, 1.82) is 0 Å². The molecule has 0 atom stereocenters. The second-order valence-electron chi connectivity index (χ2n) is 4.01. The van der Waals surface area contributed by atoms with Crippen LogP contribution in [-0.4, -0.2) is 34.1 Å². The predicted octanol–water partition coefficient (Wildman–Crippen LogP) is 1.22. The van der Waals surface area contributed by atoms with Gasteiger partial charge in [-0.3, -0.25) is 0 Å². The number of nitrogens with one attached hydrogen (secondary N) is 1. The molecular formula is C12H19NO3S. The van der Waals surface area contributed by atoms with E-state index in [4.69, 9.17) is 4.74 Å². The van der Waals surface area contributed by atoms with Gasteiger partial charge in [-0.1, -0.05) is 12.1 Å². The van der Waals surface area contributed by atoms with Crippen LogP contribution in [0.3, 0.4) is 0 Å². The zero-order chi connectivity index (χ0) is 12.7. The van der Waals surface area contributed by atoms with Gasteiger partial charge in [0.2, 0.25) is 0 Å². The Morgan fingerprint density at radius 3 is 2.76 bits per heavy atom. The summed E-state index contributed by atoms with van der Waals surface area (Å²) in [6.45, 7) is 1.22.